The Bertz CT molecular complexity index is 511. The molecule has 0 aromatic heterocycles. The van der Waals surface area contributed by atoms with E-state index < -0.39 is 12.1 Å². The van der Waals surface area contributed by atoms with Crippen molar-refractivity contribution in [1.82, 2.24) is 10.6 Å². The van der Waals surface area contributed by atoms with Crippen molar-refractivity contribution in [2.75, 3.05) is 18.5 Å². The van der Waals surface area contributed by atoms with Crippen LogP contribution in [-0.2, 0) is 4.79 Å². The van der Waals surface area contributed by atoms with Gasteiger partial charge in [-0.25, -0.2) is 0 Å². The zero-order valence-electron chi connectivity index (χ0n) is 14.2. The molecule has 0 saturated heterocycles. The number of hydrogen-bond acceptors (Lipinski definition) is 4. The summed E-state index contributed by atoms with van der Waals surface area (Å²) in [6.45, 7) is 3.73. The van der Waals surface area contributed by atoms with Crippen molar-refractivity contribution in [3.8, 4) is 0 Å². The van der Waals surface area contributed by atoms with Crippen LogP contribution >= 0.6 is 12.2 Å². The molecule has 0 spiro atoms. The van der Waals surface area contributed by atoms with Gasteiger partial charge in [-0.1, -0.05) is 32.0 Å². The Morgan fingerprint density at radius 1 is 1.17 bits per heavy atom. The topological polar surface area (TPSA) is 93.6 Å². The molecule has 134 valence electrons. The monoisotopic (exact) mass is 353 g/mol. The van der Waals surface area contributed by atoms with Gasteiger partial charge in [-0.05, 0) is 43.1 Å². The lowest BCUT2D eigenvalue weighted by Gasteiger charge is -2.24. The average molecular weight is 353 g/mol. The summed E-state index contributed by atoms with van der Waals surface area (Å²) < 4.78 is 0. The first-order chi connectivity index (χ1) is 11.5. The molecule has 0 unspecified atom stereocenters. The van der Waals surface area contributed by atoms with Gasteiger partial charge in [0.15, 0.2) is 5.11 Å². The van der Waals surface area contributed by atoms with Gasteiger partial charge in [0.1, 0.15) is 6.04 Å². The quantitative estimate of drug-likeness (QED) is 0.429. The van der Waals surface area contributed by atoms with E-state index in [0.717, 1.165) is 5.69 Å². The van der Waals surface area contributed by atoms with Crippen molar-refractivity contribution >= 4 is 28.9 Å². The van der Waals surface area contributed by atoms with Crippen molar-refractivity contribution in [2.45, 2.75) is 38.8 Å². The minimum absolute atomic E-state index is 0.0955. The van der Waals surface area contributed by atoms with Crippen LogP contribution in [0.2, 0.25) is 0 Å². The molecule has 1 rings (SSSR count). The summed E-state index contributed by atoms with van der Waals surface area (Å²) in [5, 5.41) is 27.4. The summed E-state index contributed by atoms with van der Waals surface area (Å²) in [6.07, 6.45) is 0.906. The smallest absolute Gasteiger partial charge is 0.242 e. The molecule has 5 N–H and O–H groups in total. The Morgan fingerprint density at radius 2 is 1.83 bits per heavy atom. The van der Waals surface area contributed by atoms with E-state index in [1.54, 1.807) is 0 Å². The van der Waals surface area contributed by atoms with E-state index in [4.69, 9.17) is 17.3 Å². The zero-order valence-corrected chi connectivity index (χ0v) is 15.0. The van der Waals surface area contributed by atoms with Gasteiger partial charge in [0.05, 0.1) is 12.6 Å². The van der Waals surface area contributed by atoms with Crippen LogP contribution in [0.25, 0.3) is 0 Å². The fourth-order valence-electron chi connectivity index (χ4n) is 2.22. The Kier molecular flexibility index (Phi) is 9.29. The standard InChI is InChI=1S/C17H27N3O3S/c1-12(2)10-15(16(23)18-14(11-22)8-9-21)20-17(24)19-13-6-4-3-5-7-13/h3-7,12,14-15,21-22H,8-11H2,1-2H3,(H,18,23)(H2,19,20,24)/t14-,15-/m0/s1. The minimum atomic E-state index is -0.513. The second-order valence-corrected chi connectivity index (χ2v) is 6.46. The van der Waals surface area contributed by atoms with E-state index in [2.05, 4.69) is 16.0 Å². The predicted molar refractivity (Wildman–Crippen MR) is 99.8 cm³/mol. The number of aliphatic hydroxyl groups is 2. The summed E-state index contributed by atoms with van der Waals surface area (Å²) in [7, 11) is 0. The number of para-hydroxylation sites is 1. The first-order valence-electron chi connectivity index (χ1n) is 8.11. The molecule has 6 nitrogen and oxygen atoms in total. The molecular weight excluding hydrogens is 326 g/mol. The third-order valence-corrected chi connectivity index (χ3v) is 3.62. The fraction of sp³-hybridized carbons (Fsp3) is 0.529. The number of rotatable bonds is 9. The normalized spacial score (nSPS) is 13.2. The summed E-state index contributed by atoms with van der Waals surface area (Å²) in [4.78, 5) is 12.5. The van der Waals surface area contributed by atoms with E-state index in [-0.39, 0.29) is 25.0 Å². The van der Waals surface area contributed by atoms with Crippen molar-refractivity contribution in [1.29, 1.82) is 0 Å². The van der Waals surface area contributed by atoms with Gasteiger partial charge in [0.2, 0.25) is 5.91 Å². The number of aliphatic hydroxyl groups excluding tert-OH is 2. The third-order valence-electron chi connectivity index (χ3n) is 3.40. The largest absolute Gasteiger partial charge is 0.396 e. The second kappa shape index (κ2) is 11.0. The molecule has 24 heavy (non-hydrogen) atoms. The van der Waals surface area contributed by atoms with Gasteiger partial charge >= 0.3 is 0 Å². The second-order valence-electron chi connectivity index (χ2n) is 6.05. The molecule has 0 aliphatic carbocycles. The molecule has 0 fully saturated rings. The molecule has 2 atom stereocenters. The molecule has 0 heterocycles. The van der Waals surface area contributed by atoms with Crippen LogP contribution in [0.3, 0.4) is 0 Å². The maximum atomic E-state index is 12.5. The zero-order chi connectivity index (χ0) is 17.9. The molecule has 0 radical (unpaired) electrons. The third kappa shape index (κ3) is 7.72. The van der Waals surface area contributed by atoms with Gasteiger partial charge in [0.25, 0.3) is 0 Å². The maximum Gasteiger partial charge on any atom is 0.242 e. The number of nitrogens with one attached hydrogen (secondary N) is 3. The van der Waals surface area contributed by atoms with Crippen LogP contribution in [-0.4, -0.2) is 46.5 Å². The highest BCUT2D eigenvalue weighted by molar-refractivity contribution is 7.80. The Hall–Kier alpha value is -1.70. The molecule has 1 aromatic carbocycles. The van der Waals surface area contributed by atoms with Crippen molar-refractivity contribution < 1.29 is 15.0 Å². The predicted octanol–water partition coefficient (Wildman–Crippen LogP) is 1.25. The van der Waals surface area contributed by atoms with Crippen LogP contribution in [0.15, 0.2) is 30.3 Å². The van der Waals surface area contributed by atoms with E-state index >= 15 is 0 Å². The number of benzene rings is 1. The van der Waals surface area contributed by atoms with Gasteiger partial charge in [-0.2, -0.15) is 0 Å². The molecule has 0 aliphatic heterocycles. The van der Waals surface area contributed by atoms with E-state index in [9.17, 15) is 9.90 Å². The number of carbonyl (C=O) groups excluding carboxylic acids is 1. The fourth-order valence-corrected chi connectivity index (χ4v) is 2.48. The number of carbonyl (C=O) groups is 1. The van der Waals surface area contributed by atoms with Gasteiger partial charge < -0.3 is 26.2 Å². The first kappa shape index (κ1) is 20.3. The van der Waals surface area contributed by atoms with Crippen molar-refractivity contribution in [2.24, 2.45) is 5.92 Å². The molecule has 7 heteroatoms. The maximum absolute atomic E-state index is 12.5. The highest BCUT2D eigenvalue weighted by Gasteiger charge is 2.23. The highest BCUT2D eigenvalue weighted by atomic mass is 32.1. The average Bonchev–Trinajstić information content (AvgIpc) is 2.54. The van der Waals surface area contributed by atoms with Crippen LogP contribution < -0.4 is 16.0 Å². The molecule has 0 aliphatic rings. The Morgan fingerprint density at radius 3 is 2.38 bits per heavy atom. The SMILES string of the molecule is CC(C)C[C@H](NC(=S)Nc1ccccc1)C(=O)N[C@H](CO)CCO. The Labute approximate surface area is 148 Å². The first-order valence-corrected chi connectivity index (χ1v) is 8.51. The molecule has 0 bridgehead atoms. The molecular formula is C17H27N3O3S. The van der Waals surface area contributed by atoms with Crippen molar-refractivity contribution in [3.05, 3.63) is 30.3 Å². The van der Waals surface area contributed by atoms with Crippen LogP contribution in [0.5, 0.6) is 0 Å². The molecule has 0 saturated carbocycles. The van der Waals surface area contributed by atoms with Gasteiger partial charge in [0, 0.05) is 12.3 Å². The summed E-state index contributed by atoms with van der Waals surface area (Å²) in [5.74, 6) is 0.0478. The Balaban J connectivity index is 2.66. The number of amides is 1. The molecule has 1 amide bonds. The highest BCUT2D eigenvalue weighted by Crippen LogP contribution is 2.08. The molecule has 1 aromatic rings. The van der Waals surface area contributed by atoms with E-state index in [1.807, 2.05) is 44.2 Å². The lowest BCUT2D eigenvalue weighted by molar-refractivity contribution is -0.124. The lowest BCUT2D eigenvalue weighted by atomic mass is 10.0. The van der Waals surface area contributed by atoms with Crippen molar-refractivity contribution in [3.63, 3.8) is 0 Å². The van der Waals surface area contributed by atoms with E-state index in [1.165, 1.54) is 0 Å². The summed E-state index contributed by atoms with van der Waals surface area (Å²) in [6, 6.07) is 8.49. The van der Waals surface area contributed by atoms with Gasteiger partial charge in [-0.3, -0.25) is 4.79 Å². The summed E-state index contributed by atoms with van der Waals surface area (Å²) >= 11 is 5.29. The number of hydrogen-bond donors (Lipinski definition) is 5. The number of thiocarbonyl (C=S) groups is 1. The minimum Gasteiger partial charge on any atom is -0.396 e. The van der Waals surface area contributed by atoms with Gasteiger partial charge in [-0.15, -0.1) is 0 Å². The number of anilines is 1. The van der Waals surface area contributed by atoms with Crippen LogP contribution in [0, 0.1) is 5.92 Å². The lowest BCUT2D eigenvalue weighted by Crippen LogP contribution is -2.52. The van der Waals surface area contributed by atoms with E-state index in [0.29, 0.717) is 18.0 Å². The summed E-state index contributed by atoms with van der Waals surface area (Å²) in [5.41, 5.74) is 0.840. The van der Waals surface area contributed by atoms with Crippen LogP contribution in [0.4, 0.5) is 5.69 Å². The van der Waals surface area contributed by atoms with Crippen LogP contribution in [0.1, 0.15) is 26.7 Å².